The number of hydrogen-bond acceptors (Lipinski definition) is 5. The number of hydrogen-bond donors (Lipinski definition) is 2. The van der Waals surface area contributed by atoms with Gasteiger partial charge in [0.25, 0.3) is 0 Å². The second-order valence-corrected chi connectivity index (χ2v) is 6.86. The van der Waals surface area contributed by atoms with Crippen LogP contribution in [0.25, 0.3) is 0 Å². The van der Waals surface area contributed by atoms with Gasteiger partial charge in [-0.05, 0) is 53.7 Å². The molecule has 0 spiro atoms. The second kappa shape index (κ2) is 4.45. The quantitative estimate of drug-likeness (QED) is 0.794. The SMILES string of the molecule is CC(C)(O)c1cc(N)cc(B2OC(C)(C)C(C)(C)O2)n1. The largest absolute Gasteiger partial charge is 0.514 e. The highest BCUT2D eigenvalue weighted by Gasteiger charge is 2.52. The third-order valence-corrected chi connectivity index (χ3v) is 3.99. The Bertz CT molecular complexity index is 508. The van der Waals surface area contributed by atoms with E-state index in [1.54, 1.807) is 26.0 Å². The van der Waals surface area contributed by atoms with E-state index in [1.165, 1.54) is 0 Å². The van der Waals surface area contributed by atoms with Crippen LogP contribution in [0.4, 0.5) is 5.69 Å². The van der Waals surface area contributed by atoms with E-state index in [4.69, 9.17) is 15.0 Å². The van der Waals surface area contributed by atoms with Crippen molar-refractivity contribution in [2.45, 2.75) is 58.3 Å². The Morgan fingerprint density at radius 3 is 2.10 bits per heavy atom. The third-order valence-electron chi connectivity index (χ3n) is 3.99. The maximum absolute atomic E-state index is 10.1. The molecule has 2 heterocycles. The van der Waals surface area contributed by atoms with E-state index in [9.17, 15) is 5.11 Å². The summed E-state index contributed by atoms with van der Waals surface area (Å²) in [5, 5.41) is 10.1. The maximum atomic E-state index is 10.1. The molecule has 110 valence electrons. The van der Waals surface area contributed by atoms with E-state index < -0.39 is 23.9 Å². The Morgan fingerprint density at radius 1 is 1.15 bits per heavy atom. The van der Waals surface area contributed by atoms with Crippen molar-refractivity contribution >= 4 is 18.4 Å². The summed E-state index contributed by atoms with van der Waals surface area (Å²) < 4.78 is 11.9. The summed E-state index contributed by atoms with van der Waals surface area (Å²) >= 11 is 0. The smallest absolute Gasteiger partial charge is 0.399 e. The molecule has 1 fully saturated rings. The van der Waals surface area contributed by atoms with Gasteiger partial charge in [0.15, 0.2) is 0 Å². The Balaban J connectivity index is 2.38. The number of rotatable bonds is 2. The molecular formula is C14H23BN2O3. The lowest BCUT2D eigenvalue weighted by molar-refractivity contribution is 0.00578. The first kappa shape index (κ1) is 15.3. The molecule has 0 amide bonds. The van der Waals surface area contributed by atoms with Crippen molar-refractivity contribution in [2.24, 2.45) is 0 Å². The van der Waals surface area contributed by atoms with Gasteiger partial charge in [0.1, 0.15) is 5.60 Å². The van der Waals surface area contributed by atoms with Crippen molar-refractivity contribution in [2.75, 3.05) is 5.73 Å². The lowest BCUT2D eigenvalue weighted by atomic mass is 9.83. The van der Waals surface area contributed by atoms with Gasteiger partial charge in [0, 0.05) is 5.69 Å². The molecule has 2 rings (SSSR count). The molecule has 0 unspecified atom stereocenters. The highest BCUT2D eigenvalue weighted by Crippen LogP contribution is 2.36. The molecule has 20 heavy (non-hydrogen) atoms. The van der Waals surface area contributed by atoms with E-state index in [1.807, 2.05) is 27.7 Å². The number of nitrogens with zero attached hydrogens (tertiary/aromatic N) is 1. The number of anilines is 1. The lowest BCUT2D eigenvalue weighted by Crippen LogP contribution is -2.41. The van der Waals surface area contributed by atoms with Gasteiger partial charge in [0.2, 0.25) is 0 Å². The molecule has 1 aliphatic rings. The summed E-state index contributed by atoms with van der Waals surface area (Å²) in [5.41, 5.74) is 5.59. The Morgan fingerprint density at radius 2 is 1.65 bits per heavy atom. The average Bonchev–Trinajstić information content (AvgIpc) is 2.46. The van der Waals surface area contributed by atoms with E-state index >= 15 is 0 Å². The molecule has 1 aromatic rings. The van der Waals surface area contributed by atoms with Crippen LogP contribution < -0.4 is 11.3 Å². The monoisotopic (exact) mass is 278 g/mol. The molecule has 0 radical (unpaired) electrons. The summed E-state index contributed by atoms with van der Waals surface area (Å²) in [6.07, 6.45) is 0. The highest BCUT2D eigenvalue weighted by molar-refractivity contribution is 6.61. The van der Waals surface area contributed by atoms with Crippen LogP contribution in [-0.2, 0) is 14.9 Å². The van der Waals surface area contributed by atoms with Crippen molar-refractivity contribution in [1.29, 1.82) is 0 Å². The van der Waals surface area contributed by atoms with Gasteiger partial charge in [-0.25, -0.2) is 0 Å². The maximum Gasteiger partial charge on any atom is 0.514 e. The first-order valence-corrected chi connectivity index (χ1v) is 6.78. The summed E-state index contributed by atoms with van der Waals surface area (Å²) in [7, 11) is -0.579. The van der Waals surface area contributed by atoms with Crippen molar-refractivity contribution < 1.29 is 14.4 Å². The van der Waals surface area contributed by atoms with Crippen LogP contribution in [0.1, 0.15) is 47.2 Å². The summed E-state index contributed by atoms with van der Waals surface area (Å²) in [6.45, 7) is 11.3. The molecular weight excluding hydrogens is 255 g/mol. The molecule has 6 heteroatoms. The zero-order chi connectivity index (χ0) is 15.3. The molecule has 1 saturated heterocycles. The molecule has 0 aliphatic carbocycles. The number of nitrogens with two attached hydrogens (primary N) is 1. The minimum atomic E-state index is -1.06. The van der Waals surface area contributed by atoms with Crippen LogP contribution >= 0.6 is 0 Å². The average molecular weight is 278 g/mol. The van der Waals surface area contributed by atoms with Gasteiger partial charge >= 0.3 is 7.12 Å². The van der Waals surface area contributed by atoms with Crippen LogP contribution in [0.2, 0.25) is 0 Å². The zero-order valence-corrected chi connectivity index (χ0v) is 13.0. The first-order valence-electron chi connectivity index (χ1n) is 6.78. The first-order chi connectivity index (χ1) is 8.92. The fourth-order valence-electron chi connectivity index (χ4n) is 1.97. The lowest BCUT2D eigenvalue weighted by Gasteiger charge is -2.32. The third kappa shape index (κ3) is 2.68. The molecule has 3 N–H and O–H groups in total. The van der Waals surface area contributed by atoms with Crippen LogP contribution in [-0.4, -0.2) is 28.4 Å². The highest BCUT2D eigenvalue weighted by atomic mass is 16.7. The van der Waals surface area contributed by atoms with Crippen LogP contribution in [0.3, 0.4) is 0 Å². The van der Waals surface area contributed by atoms with Gasteiger partial charge in [-0.1, -0.05) is 0 Å². The van der Waals surface area contributed by atoms with Crippen LogP contribution in [0.5, 0.6) is 0 Å². The van der Waals surface area contributed by atoms with E-state index in [2.05, 4.69) is 4.98 Å². The van der Waals surface area contributed by atoms with Crippen molar-refractivity contribution in [1.82, 2.24) is 4.98 Å². The standard InChI is InChI=1S/C14H23BN2O3/c1-12(2,18)10-7-9(16)8-11(17-10)15-19-13(3,4)14(5,6)20-15/h7-8,18H,1-6H3,(H2,16,17). The second-order valence-electron chi connectivity index (χ2n) is 6.86. The minimum absolute atomic E-state index is 0.432. The Labute approximate surface area is 120 Å². The van der Waals surface area contributed by atoms with Crippen LogP contribution in [0.15, 0.2) is 12.1 Å². The Hall–Kier alpha value is -1.11. The number of nitrogen functional groups attached to an aromatic ring is 1. The van der Waals surface area contributed by atoms with E-state index in [-0.39, 0.29) is 0 Å². The van der Waals surface area contributed by atoms with Gasteiger partial charge in [-0.2, -0.15) is 0 Å². The molecule has 5 nitrogen and oxygen atoms in total. The fourth-order valence-corrected chi connectivity index (χ4v) is 1.97. The fraction of sp³-hybridized carbons (Fsp3) is 0.643. The molecule has 1 aromatic heterocycles. The predicted octanol–water partition coefficient (Wildman–Crippen LogP) is 1.19. The summed E-state index contributed by atoms with van der Waals surface area (Å²) in [5.74, 6) is 0. The molecule has 0 atom stereocenters. The normalized spacial score (nSPS) is 21.2. The van der Waals surface area contributed by atoms with Crippen LogP contribution in [0, 0.1) is 0 Å². The number of aromatic nitrogens is 1. The van der Waals surface area contributed by atoms with E-state index in [0.29, 0.717) is 17.0 Å². The summed E-state index contributed by atoms with van der Waals surface area (Å²) in [4.78, 5) is 4.44. The Kier molecular flexibility index (Phi) is 3.40. The van der Waals surface area contributed by atoms with E-state index in [0.717, 1.165) is 0 Å². The summed E-state index contributed by atoms with van der Waals surface area (Å²) in [6, 6.07) is 3.38. The predicted molar refractivity (Wildman–Crippen MR) is 79.6 cm³/mol. The van der Waals surface area contributed by atoms with Crippen molar-refractivity contribution in [3.05, 3.63) is 17.8 Å². The molecule has 0 saturated carbocycles. The topological polar surface area (TPSA) is 77.6 Å². The van der Waals surface area contributed by atoms with Gasteiger partial charge < -0.3 is 20.1 Å². The molecule has 0 aromatic carbocycles. The van der Waals surface area contributed by atoms with Gasteiger partial charge in [0.05, 0.1) is 22.5 Å². The number of pyridine rings is 1. The number of aliphatic hydroxyl groups is 1. The molecule has 1 aliphatic heterocycles. The molecule has 0 bridgehead atoms. The van der Waals surface area contributed by atoms with Crippen molar-refractivity contribution in [3.8, 4) is 0 Å². The minimum Gasteiger partial charge on any atom is -0.399 e. The van der Waals surface area contributed by atoms with Gasteiger partial charge in [-0.15, -0.1) is 0 Å². The van der Waals surface area contributed by atoms with Crippen molar-refractivity contribution in [3.63, 3.8) is 0 Å². The van der Waals surface area contributed by atoms with Gasteiger partial charge in [-0.3, -0.25) is 4.98 Å². The zero-order valence-electron chi connectivity index (χ0n) is 13.0.